The average molecular weight is 419 g/mol. The molecule has 1 aliphatic rings. The number of nitrogens with two attached hydrogens (primary N) is 1. The van der Waals surface area contributed by atoms with Crippen molar-refractivity contribution in [2.75, 3.05) is 16.9 Å². The van der Waals surface area contributed by atoms with Crippen LogP contribution in [0.25, 0.3) is 10.9 Å². The van der Waals surface area contributed by atoms with E-state index in [1.807, 2.05) is 30.3 Å². The molecule has 2 aromatic carbocycles. The van der Waals surface area contributed by atoms with Crippen LogP contribution in [-0.4, -0.2) is 16.5 Å². The summed E-state index contributed by atoms with van der Waals surface area (Å²) in [5, 5.41) is 1.58. The highest BCUT2D eigenvalue weighted by Gasteiger charge is 2.27. The highest BCUT2D eigenvalue weighted by atomic mass is 79.9. The third kappa shape index (κ3) is 3.56. The molecule has 25 heavy (non-hydrogen) atoms. The normalized spacial score (nSPS) is 13.9. The van der Waals surface area contributed by atoms with E-state index in [9.17, 15) is 0 Å². The molecule has 1 aliphatic carbocycles. The molecule has 0 saturated heterocycles. The van der Waals surface area contributed by atoms with Gasteiger partial charge in [-0.05, 0) is 55.2 Å². The molecule has 128 valence electrons. The lowest BCUT2D eigenvalue weighted by molar-refractivity contribution is 0.806. The maximum atomic E-state index is 6.15. The lowest BCUT2D eigenvalue weighted by atomic mass is 10.2. The summed E-state index contributed by atoms with van der Waals surface area (Å²) < 4.78 is 1.03. The number of halogens is 2. The van der Waals surface area contributed by atoms with Crippen molar-refractivity contribution >= 4 is 55.9 Å². The van der Waals surface area contributed by atoms with Crippen LogP contribution in [-0.2, 0) is 0 Å². The van der Waals surface area contributed by atoms with Crippen LogP contribution in [0, 0.1) is 5.92 Å². The molecule has 1 aromatic heterocycles. The van der Waals surface area contributed by atoms with Crippen LogP contribution in [0.15, 0.2) is 46.9 Å². The van der Waals surface area contributed by atoms with E-state index in [4.69, 9.17) is 17.4 Å². The zero-order chi connectivity index (χ0) is 17.4. The van der Waals surface area contributed by atoms with E-state index in [2.05, 4.69) is 48.4 Å². The molecular formula is C18H17BrClN5. The van der Waals surface area contributed by atoms with Gasteiger partial charge in [-0.1, -0.05) is 33.6 Å². The molecule has 0 radical (unpaired) electrons. The second-order valence-corrected chi connectivity index (χ2v) is 7.56. The summed E-state index contributed by atoms with van der Waals surface area (Å²) in [6.07, 6.45) is 2.50. The number of rotatable bonds is 5. The van der Waals surface area contributed by atoms with E-state index in [1.54, 1.807) is 0 Å². The number of anilines is 3. The number of fused-ring (bicyclic) bond motifs is 1. The Hall–Kier alpha value is -1.89. The largest absolute Gasteiger partial charge is 0.325 e. The monoisotopic (exact) mass is 417 g/mol. The number of hydrazine groups is 1. The van der Waals surface area contributed by atoms with Crippen molar-refractivity contribution < 1.29 is 0 Å². The summed E-state index contributed by atoms with van der Waals surface area (Å²) in [7, 11) is 0. The van der Waals surface area contributed by atoms with E-state index in [1.165, 1.54) is 12.8 Å². The van der Waals surface area contributed by atoms with Gasteiger partial charge in [0.15, 0.2) is 0 Å². The van der Waals surface area contributed by atoms with Gasteiger partial charge in [-0.2, -0.15) is 4.98 Å². The number of aromatic nitrogens is 2. The Bertz CT molecular complexity index is 928. The van der Waals surface area contributed by atoms with Gasteiger partial charge in [0, 0.05) is 27.1 Å². The first kappa shape index (κ1) is 16.6. The van der Waals surface area contributed by atoms with E-state index in [-0.39, 0.29) is 0 Å². The second-order valence-electron chi connectivity index (χ2n) is 6.21. The molecule has 1 fully saturated rings. The molecule has 0 amide bonds. The number of nitrogens with one attached hydrogen (secondary N) is 1. The first-order valence-corrected chi connectivity index (χ1v) is 9.28. The molecule has 1 heterocycles. The van der Waals surface area contributed by atoms with E-state index in [0.717, 1.165) is 33.4 Å². The van der Waals surface area contributed by atoms with Crippen molar-refractivity contribution in [1.29, 1.82) is 0 Å². The van der Waals surface area contributed by atoms with Crippen molar-refractivity contribution in [2.45, 2.75) is 12.8 Å². The zero-order valence-corrected chi connectivity index (χ0v) is 15.8. The second kappa shape index (κ2) is 6.78. The molecule has 0 atom stereocenters. The van der Waals surface area contributed by atoms with Gasteiger partial charge in [0.2, 0.25) is 5.95 Å². The molecule has 0 unspecified atom stereocenters. The Kier molecular flexibility index (Phi) is 4.50. The molecule has 0 spiro atoms. The third-order valence-electron chi connectivity index (χ3n) is 4.28. The van der Waals surface area contributed by atoms with Gasteiger partial charge in [0.05, 0.1) is 5.52 Å². The van der Waals surface area contributed by atoms with E-state index >= 15 is 0 Å². The molecule has 3 N–H and O–H groups in total. The molecular weight excluding hydrogens is 402 g/mol. The molecule has 1 saturated carbocycles. The Labute approximate surface area is 159 Å². The van der Waals surface area contributed by atoms with Crippen LogP contribution in [0.1, 0.15) is 12.8 Å². The van der Waals surface area contributed by atoms with Gasteiger partial charge in [-0.25, -0.2) is 10.8 Å². The van der Waals surface area contributed by atoms with Crippen LogP contribution in [0.5, 0.6) is 0 Å². The number of nitrogen functional groups attached to an aromatic ring is 1. The standard InChI is InChI=1S/C18H17BrClN5/c19-12-2-1-3-14(8-12)25(10-11-4-5-11)17-15-7-6-13(20)9-16(15)22-18(23-17)24-21/h1-3,6-9,11H,4-5,10,21H2,(H,22,23,24). The maximum Gasteiger partial charge on any atom is 0.239 e. The van der Waals surface area contributed by atoms with Crippen LogP contribution < -0.4 is 16.2 Å². The van der Waals surface area contributed by atoms with Crippen LogP contribution in [0.2, 0.25) is 5.02 Å². The SMILES string of the molecule is NNc1nc(N(CC2CC2)c2cccc(Br)c2)c2ccc(Cl)cc2n1. The minimum Gasteiger partial charge on any atom is -0.325 e. The predicted octanol–water partition coefficient (Wildman–Crippen LogP) is 4.88. The highest BCUT2D eigenvalue weighted by Crippen LogP contribution is 2.38. The first-order chi connectivity index (χ1) is 12.1. The molecule has 5 nitrogen and oxygen atoms in total. The summed E-state index contributed by atoms with van der Waals surface area (Å²) in [5.74, 6) is 7.48. The summed E-state index contributed by atoms with van der Waals surface area (Å²) in [5.41, 5.74) is 4.41. The molecule has 7 heteroatoms. The Balaban J connectivity index is 1.90. The van der Waals surface area contributed by atoms with Crippen molar-refractivity contribution in [3.05, 3.63) is 52.0 Å². The topological polar surface area (TPSA) is 67.1 Å². The third-order valence-corrected chi connectivity index (χ3v) is 5.01. The maximum absolute atomic E-state index is 6.15. The summed E-state index contributed by atoms with van der Waals surface area (Å²) >= 11 is 9.71. The summed E-state index contributed by atoms with van der Waals surface area (Å²) in [6, 6.07) is 13.9. The molecule has 0 bridgehead atoms. The quantitative estimate of drug-likeness (QED) is 0.456. The summed E-state index contributed by atoms with van der Waals surface area (Å²) in [6.45, 7) is 0.912. The number of hydrogen-bond donors (Lipinski definition) is 2. The Morgan fingerprint density at radius 2 is 2.04 bits per heavy atom. The van der Waals surface area contributed by atoms with Gasteiger partial charge >= 0.3 is 0 Å². The highest BCUT2D eigenvalue weighted by molar-refractivity contribution is 9.10. The van der Waals surface area contributed by atoms with E-state index < -0.39 is 0 Å². The average Bonchev–Trinajstić information content (AvgIpc) is 3.42. The van der Waals surface area contributed by atoms with Crippen molar-refractivity contribution in [1.82, 2.24) is 9.97 Å². The fourth-order valence-electron chi connectivity index (χ4n) is 2.87. The lowest BCUT2D eigenvalue weighted by Gasteiger charge is -2.26. The molecule has 0 aliphatic heterocycles. The van der Waals surface area contributed by atoms with Gasteiger partial charge in [0.1, 0.15) is 5.82 Å². The van der Waals surface area contributed by atoms with Crippen LogP contribution in [0.4, 0.5) is 17.5 Å². The van der Waals surface area contributed by atoms with Crippen LogP contribution in [0.3, 0.4) is 0 Å². The fourth-order valence-corrected chi connectivity index (χ4v) is 3.43. The predicted molar refractivity (Wildman–Crippen MR) is 106 cm³/mol. The number of hydrogen-bond acceptors (Lipinski definition) is 5. The van der Waals surface area contributed by atoms with Crippen LogP contribution >= 0.6 is 27.5 Å². The molecule has 4 rings (SSSR count). The van der Waals surface area contributed by atoms with Gasteiger partial charge in [-0.3, -0.25) is 5.43 Å². The number of nitrogens with zero attached hydrogens (tertiary/aromatic N) is 3. The first-order valence-electron chi connectivity index (χ1n) is 8.11. The minimum atomic E-state index is 0.376. The van der Waals surface area contributed by atoms with Crippen molar-refractivity contribution in [2.24, 2.45) is 11.8 Å². The van der Waals surface area contributed by atoms with Crippen molar-refractivity contribution in [3.8, 4) is 0 Å². The van der Waals surface area contributed by atoms with Gasteiger partial charge in [0.25, 0.3) is 0 Å². The van der Waals surface area contributed by atoms with Gasteiger partial charge < -0.3 is 4.90 Å². The lowest BCUT2D eigenvalue weighted by Crippen LogP contribution is -2.22. The summed E-state index contributed by atoms with van der Waals surface area (Å²) in [4.78, 5) is 11.3. The Morgan fingerprint density at radius 3 is 2.76 bits per heavy atom. The minimum absolute atomic E-state index is 0.376. The zero-order valence-electron chi connectivity index (χ0n) is 13.4. The van der Waals surface area contributed by atoms with E-state index in [0.29, 0.717) is 16.9 Å². The van der Waals surface area contributed by atoms with Crippen molar-refractivity contribution in [3.63, 3.8) is 0 Å². The molecule has 3 aromatic rings. The van der Waals surface area contributed by atoms with Gasteiger partial charge in [-0.15, -0.1) is 0 Å². The smallest absolute Gasteiger partial charge is 0.239 e. The Morgan fingerprint density at radius 1 is 1.20 bits per heavy atom. The fraction of sp³-hybridized carbons (Fsp3) is 0.222. The number of benzene rings is 2.